The summed E-state index contributed by atoms with van der Waals surface area (Å²) in [5.41, 5.74) is -0.766. The molecule has 0 aliphatic carbocycles. The summed E-state index contributed by atoms with van der Waals surface area (Å²) >= 11 is 0. The van der Waals surface area contributed by atoms with Crippen LogP contribution in [-0.2, 0) is 0 Å². The van der Waals surface area contributed by atoms with Crippen molar-refractivity contribution < 1.29 is 13.2 Å². The zero-order chi connectivity index (χ0) is 9.07. The first-order chi connectivity index (χ1) is 4.89. The maximum absolute atomic E-state index is 11.9. The van der Waals surface area contributed by atoms with E-state index in [2.05, 4.69) is 13.2 Å². The van der Waals surface area contributed by atoms with Crippen molar-refractivity contribution in [2.45, 2.75) is 19.5 Å². The average molecular weight is 163 g/mol. The molecule has 0 aromatic heterocycles. The first-order valence-electron chi connectivity index (χ1n) is 3.09. The van der Waals surface area contributed by atoms with Crippen LogP contribution in [0.5, 0.6) is 0 Å². The maximum atomic E-state index is 11.9. The summed E-state index contributed by atoms with van der Waals surface area (Å²) in [4.78, 5) is 0. The summed E-state index contributed by atoms with van der Waals surface area (Å²) in [5, 5.41) is 0. The van der Waals surface area contributed by atoms with E-state index in [0.717, 1.165) is 0 Å². The predicted octanol–water partition coefficient (Wildman–Crippen LogP) is 3.28. The molecule has 0 amide bonds. The summed E-state index contributed by atoms with van der Waals surface area (Å²) in [6.07, 6.45) is -2.64. The highest BCUT2D eigenvalue weighted by Gasteiger charge is 2.34. The van der Waals surface area contributed by atoms with Gasteiger partial charge in [0.2, 0.25) is 0 Å². The quantitative estimate of drug-likeness (QED) is 0.560. The van der Waals surface area contributed by atoms with E-state index < -0.39 is 11.7 Å². The van der Waals surface area contributed by atoms with Gasteiger partial charge in [-0.3, -0.25) is 0 Å². The van der Waals surface area contributed by atoms with Crippen LogP contribution in [0.3, 0.4) is 0 Å². The van der Waals surface area contributed by atoms with Gasteiger partial charge in [-0.05, 0) is 6.42 Å². The molecule has 0 saturated heterocycles. The number of rotatable bonds is 3. The van der Waals surface area contributed by atoms with Crippen molar-refractivity contribution in [3.05, 3.63) is 30.7 Å². The van der Waals surface area contributed by atoms with Gasteiger partial charge in [0.25, 0.3) is 0 Å². The standard InChI is InChI=1S/C8H10F3/c1-4-5-6(2)7(3)8(9,10)11/h4H,1,3,5H2,2H3. The minimum absolute atomic E-state index is 0.215. The minimum Gasteiger partial charge on any atom is -0.166 e. The number of alkyl halides is 3. The summed E-state index contributed by atoms with van der Waals surface area (Å²) in [6.45, 7) is 7.67. The minimum atomic E-state index is -4.30. The fourth-order valence-electron chi connectivity index (χ4n) is 0.582. The Labute approximate surface area is 64.4 Å². The molecule has 3 heteroatoms. The molecule has 63 valence electrons. The Morgan fingerprint density at radius 2 is 1.91 bits per heavy atom. The lowest BCUT2D eigenvalue weighted by molar-refractivity contribution is -0.0912. The Kier molecular flexibility index (Phi) is 3.36. The van der Waals surface area contributed by atoms with Crippen molar-refractivity contribution in [1.29, 1.82) is 0 Å². The average Bonchev–Trinajstić information content (AvgIpc) is 1.85. The molecule has 0 heterocycles. The maximum Gasteiger partial charge on any atom is 0.412 e. The second kappa shape index (κ2) is 3.60. The van der Waals surface area contributed by atoms with Crippen LogP contribution >= 0.6 is 0 Å². The molecule has 0 rings (SSSR count). The first kappa shape index (κ1) is 10.3. The van der Waals surface area contributed by atoms with Gasteiger partial charge in [0.15, 0.2) is 0 Å². The van der Waals surface area contributed by atoms with Gasteiger partial charge in [-0.25, -0.2) is 0 Å². The third kappa shape index (κ3) is 3.25. The predicted molar refractivity (Wildman–Crippen MR) is 38.9 cm³/mol. The van der Waals surface area contributed by atoms with E-state index >= 15 is 0 Å². The summed E-state index contributed by atoms with van der Waals surface area (Å²) < 4.78 is 35.6. The van der Waals surface area contributed by atoms with Crippen molar-refractivity contribution in [2.24, 2.45) is 0 Å². The normalized spacial score (nSPS) is 11.7. The molecule has 0 nitrogen and oxygen atoms in total. The number of allylic oxidation sites excluding steroid dienone is 2. The summed E-state index contributed by atoms with van der Waals surface area (Å²) in [6, 6.07) is 0. The van der Waals surface area contributed by atoms with Crippen LogP contribution in [0.2, 0.25) is 0 Å². The zero-order valence-electron chi connectivity index (χ0n) is 6.33. The number of halogens is 3. The van der Waals surface area contributed by atoms with Gasteiger partial charge in [0, 0.05) is 11.5 Å². The highest BCUT2D eigenvalue weighted by atomic mass is 19.4. The molecular weight excluding hydrogens is 153 g/mol. The van der Waals surface area contributed by atoms with Crippen molar-refractivity contribution in [2.75, 3.05) is 0 Å². The van der Waals surface area contributed by atoms with E-state index in [1.165, 1.54) is 13.0 Å². The van der Waals surface area contributed by atoms with Gasteiger partial charge in [-0.1, -0.05) is 19.6 Å². The van der Waals surface area contributed by atoms with Gasteiger partial charge in [-0.2, -0.15) is 13.2 Å². The van der Waals surface area contributed by atoms with Crippen LogP contribution in [0, 0.1) is 5.92 Å². The fraction of sp³-hybridized carbons (Fsp3) is 0.375. The van der Waals surface area contributed by atoms with Crippen molar-refractivity contribution >= 4 is 0 Å². The highest BCUT2D eigenvalue weighted by Crippen LogP contribution is 2.32. The van der Waals surface area contributed by atoms with Gasteiger partial charge in [0.05, 0.1) is 0 Å². The van der Waals surface area contributed by atoms with E-state index in [9.17, 15) is 13.2 Å². The van der Waals surface area contributed by atoms with Crippen LogP contribution in [0.4, 0.5) is 13.2 Å². The molecule has 1 radical (unpaired) electrons. The molecule has 11 heavy (non-hydrogen) atoms. The molecular formula is C8H10F3. The molecule has 0 bridgehead atoms. The lowest BCUT2D eigenvalue weighted by Gasteiger charge is -2.14. The molecule has 0 aliphatic heterocycles. The van der Waals surface area contributed by atoms with Gasteiger partial charge in [0.1, 0.15) is 0 Å². The molecule has 0 N–H and O–H groups in total. The van der Waals surface area contributed by atoms with E-state index in [1.807, 2.05) is 0 Å². The Morgan fingerprint density at radius 1 is 1.45 bits per heavy atom. The smallest absolute Gasteiger partial charge is 0.166 e. The highest BCUT2D eigenvalue weighted by molar-refractivity contribution is 5.24. The second-order valence-corrected chi connectivity index (χ2v) is 2.25. The van der Waals surface area contributed by atoms with Crippen LogP contribution in [0.1, 0.15) is 13.3 Å². The third-order valence-corrected chi connectivity index (χ3v) is 1.31. The molecule has 0 aromatic rings. The van der Waals surface area contributed by atoms with E-state index in [0.29, 0.717) is 0 Å². The van der Waals surface area contributed by atoms with Crippen LogP contribution in [0.15, 0.2) is 24.8 Å². The molecule has 0 aromatic carbocycles. The van der Waals surface area contributed by atoms with E-state index in [4.69, 9.17) is 0 Å². The van der Waals surface area contributed by atoms with Gasteiger partial charge < -0.3 is 0 Å². The fourth-order valence-corrected chi connectivity index (χ4v) is 0.582. The Hall–Kier alpha value is -0.730. The van der Waals surface area contributed by atoms with Crippen molar-refractivity contribution in [1.82, 2.24) is 0 Å². The third-order valence-electron chi connectivity index (χ3n) is 1.31. The lowest BCUT2D eigenvalue weighted by atomic mass is 9.99. The van der Waals surface area contributed by atoms with Crippen LogP contribution < -0.4 is 0 Å². The molecule has 0 aliphatic rings. The Morgan fingerprint density at radius 3 is 2.18 bits per heavy atom. The van der Waals surface area contributed by atoms with Crippen LogP contribution in [0.25, 0.3) is 0 Å². The molecule has 0 unspecified atom stereocenters. The Bertz CT molecular complexity index is 155. The molecule has 0 spiro atoms. The topological polar surface area (TPSA) is 0 Å². The lowest BCUT2D eigenvalue weighted by Crippen LogP contribution is -2.15. The SMILES string of the molecule is C=CC[C](C)C(=C)C(F)(F)F. The number of hydrogen-bond acceptors (Lipinski definition) is 0. The van der Waals surface area contributed by atoms with Crippen LogP contribution in [-0.4, -0.2) is 6.18 Å². The van der Waals surface area contributed by atoms with E-state index in [1.54, 1.807) is 0 Å². The van der Waals surface area contributed by atoms with Crippen molar-refractivity contribution in [3.63, 3.8) is 0 Å². The molecule has 0 saturated carbocycles. The zero-order valence-corrected chi connectivity index (χ0v) is 6.33. The first-order valence-corrected chi connectivity index (χ1v) is 3.09. The second-order valence-electron chi connectivity index (χ2n) is 2.25. The van der Waals surface area contributed by atoms with E-state index in [-0.39, 0.29) is 12.3 Å². The van der Waals surface area contributed by atoms with Crippen molar-refractivity contribution in [3.8, 4) is 0 Å². The largest absolute Gasteiger partial charge is 0.412 e. The monoisotopic (exact) mass is 163 g/mol. The number of hydrogen-bond donors (Lipinski definition) is 0. The summed E-state index contributed by atoms with van der Waals surface area (Å²) in [5.74, 6) is 0.215. The van der Waals surface area contributed by atoms with Gasteiger partial charge in [-0.15, -0.1) is 6.58 Å². The summed E-state index contributed by atoms with van der Waals surface area (Å²) in [7, 11) is 0. The molecule has 0 atom stereocenters. The van der Waals surface area contributed by atoms with Gasteiger partial charge >= 0.3 is 6.18 Å². The molecule has 0 fully saturated rings. The Balaban J connectivity index is 4.13.